The van der Waals surface area contributed by atoms with Crippen molar-refractivity contribution < 1.29 is 9.18 Å². The maximum absolute atomic E-state index is 13.7. The van der Waals surface area contributed by atoms with Gasteiger partial charge in [0.1, 0.15) is 5.82 Å². The Morgan fingerprint density at radius 3 is 2.96 bits per heavy atom. The Morgan fingerprint density at radius 2 is 2.11 bits per heavy atom. The lowest BCUT2D eigenvalue weighted by molar-refractivity contribution is -0.125. The predicted octanol–water partition coefficient (Wildman–Crippen LogP) is 3.05. The van der Waals surface area contributed by atoms with E-state index in [2.05, 4.69) is 15.5 Å². The van der Waals surface area contributed by atoms with E-state index in [1.807, 2.05) is 9.30 Å². The molecule has 0 bridgehead atoms. The maximum atomic E-state index is 13.7. The number of hydrogen-bond acceptors (Lipinski definition) is 4. The number of piperidine rings is 1. The summed E-state index contributed by atoms with van der Waals surface area (Å²) in [5, 5.41) is 11.9. The van der Waals surface area contributed by atoms with Gasteiger partial charge in [0.25, 0.3) is 0 Å². The summed E-state index contributed by atoms with van der Waals surface area (Å²) in [7, 11) is 0. The van der Waals surface area contributed by atoms with Gasteiger partial charge in [0.05, 0.1) is 10.9 Å². The number of rotatable bonds is 4. The number of nitrogens with one attached hydrogen (secondary N) is 1. The van der Waals surface area contributed by atoms with Crippen molar-refractivity contribution in [3.8, 4) is 0 Å². The lowest BCUT2D eigenvalue weighted by Gasteiger charge is -2.32. The summed E-state index contributed by atoms with van der Waals surface area (Å²) in [6.07, 6.45) is 3.43. The zero-order valence-electron chi connectivity index (χ0n) is 14.6. The smallest absolute Gasteiger partial charge is 0.231 e. The van der Waals surface area contributed by atoms with Crippen LogP contribution in [0.2, 0.25) is 5.02 Å². The molecule has 3 aromatic rings. The highest BCUT2D eigenvalue weighted by atomic mass is 35.5. The molecule has 4 rings (SSSR count). The van der Waals surface area contributed by atoms with Gasteiger partial charge in [-0.3, -0.25) is 9.20 Å². The SMILES string of the molecule is O=C(NCc1ccccc1F)C1CCCN(c2nnc3ccc(Cl)cn23)C1. The second-order valence-electron chi connectivity index (χ2n) is 6.67. The summed E-state index contributed by atoms with van der Waals surface area (Å²) < 4.78 is 15.6. The van der Waals surface area contributed by atoms with Crippen LogP contribution in [0.4, 0.5) is 10.3 Å². The van der Waals surface area contributed by atoms with E-state index in [1.165, 1.54) is 6.07 Å². The molecule has 8 heteroatoms. The van der Waals surface area contributed by atoms with Crippen molar-refractivity contribution in [2.24, 2.45) is 5.92 Å². The topological polar surface area (TPSA) is 62.5 Å². The molecule has 1 amide bonds. The van der Waals surface area contributed by atoms with Crippen molar-refractivity contribution >= 4 is 29.1 Å². The van der Waals surface area contributed by atoms with Gasteiger partial charge in [0, 0.05) is 31.4 Å². The molecule has 2 aromatic heterocycles. The lowest BCUT2D eigenvalue weighted by atomic mass is 9.97. The Bertz CT molecular complexity index is 976. The Hall–Kier alpha value is -2.67. The zero-order chi connectivity index (χ0) is 18.8. The largest absolute Gasteiger partial charge is 0.352 e. The van der Waals surface area contributed by atoms with Crippen LogP contribution in [0.25, 0.3) is 5.65 Å². The van der Waals surface area contributed by atoms with Crippen LogP contribution < -0.4 is 10.2 Å². The molecule has 1 N–H and O–H groups in total. The van der Waals surface area contributed by atoms with Crippen LogP contribution in [0, 0.1) is 11.7 Å². The normalized spacial score (nSPS) is 17.3. The van der Waals surface area contributed by atoms with Crippen LogP contribution in [0.5, 0.6) is 0 Å². The van der Waals surface area contributed by atoms with Crippen molar-refractivity contribution in [2.45, 2.75) is 19.4 Å². The molecule has 0 spiro atoms. The summed E-state index contributed by atoms with van der Waals surface area (Å²) in [5.41, 5.74) is 1.19. The van der Waals surface area contributed by atoms with Gasteiger partial charge in [-0.1, -0.05) is 29.8 Å². The third kappa shape index (κ3) is 3.73. The minimum absolute atomic E-state index is 0.0743. The van der Waals surface area contributed by atoms with E-state index in [-0.39, 0.29) is 24.2 Å². The van der Waals surface area contributed by atoms with Gasteiger partial charge in [-0.2, -0.15) is 0 Å². The Labute approximate surface area is 161 Å². The highest BCUT2D eigenvalue weighted by molar-refractivity contribution is 6.30. The lowest BCUT2D eigenvalue weighted by Crippen LogP contribution is -2.43. The number of amides is 1. The average Bonchev–Trinajstić information content (AvgIpc) is 3.10. The molecule has 1 aromatic carbocycles. The monoisotopic (exact) mass is 387 g/mol. The van der Waals surface area contributed by atoms with Crippen molar-refractivity contribution in [2.75, 3.05) is 18.0 Å². The standard InChI is InChI=1S/C19H19ClFN5O/c20-15-7-8-17-23-24-19(26(17)12-15)25-9-3-5-14(11-25)18(27)22-10-13-4-1-2-6-16(13)21/h1-2,4,6-8,12,14H,3,5,9-11H2,(H,22,27). The van der Waals surface area contributed by atoms with Gasteiger partial charge in [-0.05, 0) is 31.0 Å². The number of nitrogens with zero attached hydrogens (tertiary/aromatic N) is 4. The first-order valence-corrected chi connectivity index (χ1v) is 9.26. The van der Waals surface area contributed by atoms with Crippen molar-refractivity contribution in [3.05, 3.63) is 59.0 Å². The highest BCUT2D eigenvalue weighted by Crippen LogP contribution is 2.24. The number of anilines is 1. The van der Waals surface area contributed by atoms with Crippen LogP contribution in [0.3, 0.4) is 0 Å². The van der Waals surface area contributed by atoms with E-state index in [4.69, 9.17) is 11.6 Å². The van der Waals surface area contributed by atoms with Crippen LogP contribution in [-0.4, -0.2) is 33.6 Å². The minimum atomic E-state index is -0.310. The van der Waals surface area contributed by atoms with Crippen molar-refractivity contribution in [1.82, 2.24) is 19.9 Å². The van der Waals surface area contributed by atoms with Crippen LogP contribution in [0.1, 0.15) is 18.4 Å². The fourth-order valence-electron chi connectivity index (χ4n) is 3.41. The fourth-order valence-corrected chi connectivity index (χ4v) is 3.57. The molecule has 1 saturated heterocycles. The summed E-state index contributed by atoms with van der Waals surface area (Å²) in [6.45, 7) is 1.52. The second kappa shape index (κ2) is 7.52. The number of halogens is 2. The molecular weight excluding hydrogens is 369 g/mol. The summed E-state index contributed by atoms with van der Waals surface area (Å²) in [5.74, 6) is 0.112. The van der Waals surface area contributed by atoms with Gasteiger partial charge in [-0.15, -0.1) is 10.2 Å². The molecule has 1 aliphatic rings. The van der Waals surface area contributed by atoms with Gasteiger partial charge in [-0.25, -0.2) is 4.39 Å². The summed E-state index contributed by atoms with van der Waals surface area (Å²) in [6, 6.07) is 10.0. The molecule has 0 radical (unpaired) electrons. The van der Waals surface area contributed by atoms with E-state index >= 15 is 0 Å². The molecule has 1 aliphatic heterocycles. The van der Waals surface area contributed by atoms with E-state index in [1.54, 1.807) is 36.5 Å². The number of carbonyl (C=O) groups is 1. The number of aromatic nitrogens is 3. The number of carbonyl (C=O) groups excluding carboxylic acids is 1. The number of fused-ring (bicyclic) bond motifs is 1. The Kier molecular flexibility index (Phi) is 4.94. The van der Waals surface area contributed by atoms with Gasteiger partial charge >= 0.3 is 0 Å². The van der Waals surface area contributed by atoms with Crippen LogP contribution >= 0.6 is 11.6 Å². The summed E-state index contributed by atoms with van der Waals surface area (Å²) in [4.78, 5) is 14.6. The molecule has 0 aliphatic carbocycles. The molecule has 1 fully saturated rings. The molecule has 1 unspecified atom stereocenters. The van der Waals surface area contributed by atoms with E-state index in [0.717, 1.165) is 19.4 Å². The molecule has 27 heavy (non-hydrogen) atoms. The molecule has 1 atom stereocenters. The van der Waals surface area contributed by atoms with Crippen LogP contribution in [0.15, 0.2) is 42.6 Å². The van der Waals surface area contributed by atoms with E-state index in [9.17, 15) is 9.18 Å². The first-order chi connectivity index (χ1) is 13.1. The van der Waals surface area contributed by atoms with Crippen molar-refractivity contribution in [3.63, 3.8) is 0 Å². The number of hydrogen-bond donors (Lipinski definition) is 1. The molecule has 0 saturated carbocycles. The average molecular weight is 388 g/mol. The minimum Gasteiger partial charge on any atom is -0.352 e. The summed E-state index contributed by atoms with van der Waals surface area (Å²) >= 11 is 6.09. The third-order valence-corrected chi connectivity index (χ3v) is 5.06. The Balaban J connectivity index is 1.45. The number of benzene rings is 1. The van der Waals surface area contributed by atoms with E-state index in [0.29, 0.717) is 28.7 Å². The zero-order valence-corrected chi connectivity index (χ0v) is 15.4. The van der Waals surface area contributed by atoms with E-state index < -0.39 is 0 Å². The fraction of sp³-hybridized carbons (Fsp3) is 0.316. The molecule has 140 valence electrons. The third-order valence-electron chi connectivity index (χ3n) is 4.83. The molecule has 6 nitrogen and oxygen atoms in total. The van der Waals surface area contributed by atoms with Crippen LogP contribution in [-0.2, 0) is 11.3 Å². The van der Waals surface area contributed by atoms with Gasteiger partial charge < -0.3 is 10.2 Å². The van der Waals surface area contributed by atoms with Crippen molar-refractivity contribution in [1.29, 1.82) is 0 Å². The van der Waals surface area contributed by atoms with Gasteiger partial charge in [0.2, 0.25) is 11.9 Å². The predicted molar refractivity (Wildman–Crippen MR) is 101 cm³/mol. The molecule has 3 heterocycles. The quantitative estimate of drug-likeness (QED) is 0.747. The number of pyridine rings is 1. The highest BCUT2D eigenvalue weighted by Gasteiger charge is 2.28. The second-order valence-corrected chi connectivity index (χ2v) is 7.11. The van der Waals surface area contributed by atoms with Gasteiger partial charge in [0.15, 0.2) is 5.65 Å². The molecular formula is C19H19ClFN5O. The first kappa shape index (κ1) is 17.7. The Morgan fingerprint density at radius 1 is 1.26 bits per heavy atom. The first-order valence-electron chi connectivity index (χ1n) is 8.88. The maximum Gasteiger partial charge on any atom is 0.231 e.